The zero-order chi connectivity index (χ0) is 20.5. The fourth-order valence-electron chi connectivity index (χ4n) is 3.49. The highest BCUT2D eigenvalue weighted by atomic mass is 32.1. The number of nitrogens with zero attached hydrogens (tertiary/aromatic N) is 2. The first-order valence-corrected chi connectivity index (χ1v) is 9.75. The summed E-state index contributed by atoms with van der Waals surface area (Å²) < 4.78 is 19.4. The molecule has 0 spiro atoms. The summed E-state index contributed by atoms with van der Waals surface area (Å²) in [6.07, 6.45) is 0.159. The van der Waals surface area contributed by atoms with Crippen molar-refractivity contribution in [2.24, 2.45) is 0 Å². The summed E-state index contributed by atoms with van der Waals surface area (Å²) in [5.74, 6) is -1.23. The fourth-order valence-corrected chi connectivity index (χ4v) is 4.60. The molecule has 0 unspecified atom stereocenters. The van der Waals surface area contributed by atoms with E-state index in [1.165, 1.54) is 40.8 Å². The van der Waals surface area contributed by atoms with Gasteiger partial charge < -0.3 is 4.74 Å². The molecule has 29 heavy (non-hydrogen) atoms. The molecule has 1 aliphatic rings. The Balaban J connectivity index is 1.92. The number of fused-ring (bicyclic) bond motifs is 1. The number of thiazole rings is 1. The van der Waals surface area contributed by atoms with Crippen LogP contribution in [-0.4, -0.2) is 23.6 Å². The first-order valence-electron chi connectivity index (χ1n) is 8.93. The summed E-state index contributed by atoms with van der Waals surface area (Å²) in [5, 5.41) is 0. The van der Waals surface area contributed by atoms with Crippen LogP contribution in [0.2, 0.25) is 0 Å². The Labute approximate surface area is 169 Å². The van der Waals surface area contributed by atoms with Crippen molar-refractivity contribution >= 4 is 34.7 Å². The van der Waals surface area contributed by atoms with Crippen molar-refractivity contribution in [1.29, 1.82) is 0 Å². The van der Waals surface area contributed by atoms with Crippen molar-refractivity contribution in [2.75, 3.05) is 12.0 Å². The van der Waals surface area contributed by atoms with E-state index >= 15 is 0 Å². The standard InChI is InChI=1S/C21H17FN2O4S/c1-28-18(26)12-23-20-19(29-21(23)27)16(13-5-3-2-4-6-13)11-17(25)24(20)15-9-7-14(22)8-10-15/h2-10,16H,11-12H2,1H3/t16-/m1/s1. The first kappa shape index (κ1) is 19.1. The van der Waals surface area contributed by atoms with Crippen LogP contribution in [0.3, 0.4) is 0 Å². The quantitative estimate of drug-likeness (QED) is 0.616. The number of amides is 1. The van der Waals surface area contributed by atoms with E-state index in [1.54, 1.807) is 0 Å². The number of benzene rings is 2. The number of hydrogen-bond donors (Lipinski definition) is 0. The monoisotopic (exact) mass is 412 g/mol. The molecular weight excluding hydrogens is 395 g/mol. The summed E-state index contributed by atoms with van der Waals surface area (Å²) in [4.78, 5) is 39.5. The number of carbonyl (C=O) groups excluding carboxylic acids is 2. The number of halogens is 1. The largest absolute Gasteiger partial charge is 0.468 e. The lowest BCUT2D eigenvalue weighted by molar-refractivity contribution is -0.141. The predicted molar refractivity (Wildman–Crippen MR) is 107 cm³/mol. The number of anilines is 2. The number of rotatable bonds is 4. The number of esters is 1. The van der Waals surface area contributed by atoms with Crippen molar-refractivity contribution in [1.82, 2.24) is 4.57 Å². The molecule has 148 valence electrons. The molecular formula is C21H17FN2O4S. The molecule has 4 rings (SSSR count). The highest BCUT2D eigenvalue weighted by Gasteiger charge is 2.38. The molecule has 1 aliphatic heterocycles. The van der Waals surface area contributed by atoms with Gasteiger partial charge in [0.15, 0.2) is 0 Å². The first-order chi connectivity index (χ1) is 14.0. The van der Waals surface area contributed by atoms with Crippen LogP contribution in [0, 0.1) is 5.82 Å². The molecule has 0 bridgehead atoms. The maximum Gasteiger partial charge on any atom is 0.325 e. The topological polar surface area (TPSA) is 68.6 Å². The Kier molecular flexibility index (Phi) is 5.02. The van der Waals surface area contributed by atoms with Crippen LogP contribution >= 0.6 is 11.3 Å². The molecule has 1 atom stereocenters. The number of carbonyl (C=O) groups is 2. The van der Waals surface area contributed by atoms with Gasteiger partial charge in [0.05, 0.1) is 17.7 Å². The fraction of sp³-hybridized carbons (Fsp3) is 0.190. The Bertz CT molecular complexity index is 1120. The minimum Gasteiger partial charge on any atom is -0.468 e. The van der Waals surface area contributed by atoms with Gasteiger partial charge in [0, 0.05) is 12.3 Å². The van der Waals surface area contributed by atoms with Crippen LogP contribution in [0.1, 0.15) is 22.8 Å². The average molecular weight is 412 g/mol. The number of methoxy groups -OCH3 is 1. The van der Waals surface area contributed by atoms with Crippen LogP contribution in [0.25, 0.3) is 0 Å². The molecule has 1 aromatic heterocycles. The Morgan fingerprint density at radius 1 is 1.14 bits per heavy atom. The lowest BCUT2D eigenvalue weighted by Crippen LogP contribution is -2.36. The van der Waals surface area contributed by atoms with Crippen LogP contribution in [0.5, 0.6) is 0 Å². The van der Waals surface area contributed by atoms with E-state index in [0.29, 0.717) is 16.4 Å². The molecule has 0 N–H and O–H groups in total. The van der Waals surface area contributed by atoms with Gasteiger partial charge >= 0.3 is 10.8 Å². The van der Waals surface area contributed by atoms with Gasteiger partial charge in [-0.3, -0.25) is 23.9 Å². The van der Waals surface area contributed by atoms with E-state index in [1.807, 2.05) is 30.3 Å². The van der Waals surface area contributed by atoms with Gasteiger partial charge in [0.1, 0.15) is 18.2 Å². The Hall–Kier alpha value is -3.26. The Morgan fingerprint density at radius 3 is 2.48 bits per heavy atom. The van der Waals surface area contributed by atoms with Gasteiger partial charge in [0.2, 0.25) is 5.91 Å². The third-order valence-corrected chi connectivity index (χ3v) is 5.93. The number of hydrogen-bond acceptors (Lipinski definition) is 5. The summed E-state index contributed by atoms with van der Waals surface area (Å²) in [7, 11) is 1.24. The molecule has 6 nitrogen and oxygen atoms in total. The highest BCUT2D eigenvalue weighted by Crippen LogP contribution is 2.44. The smallest absolute Gasteiger partial charge is 0.325 e. The van der Waals surface area contributed by atoms with Crippen LogP contribution in [0.4, 0.5) is 15.9 Å². The lowest BCUT2D eigenvalue weighted by Gasteiger charge is -2.32. The summed E-state index contributed by atoms with van der Waals surface area (Å²) in [6.45, 7) is -0.312. The highest BCUT2D eigenvalue weighted by molar-refractivity contribution is 7.10. The van der Waals surface area contributed by atoms with E-state index in [-0.39, 0.29) is 29.7 Å². The van der Waals surface area contributed by atoms with Crippen LogP contribution in [0.15, 0.2) is 59.4 Å². The van der Waals surface area contributed by atoms with Gasteiger partial charge in [0.25, 0.3) is 0 Å². The predicted octanol–water partition coefficient (Wildman–Crippen LogP) is 3.42. The SMILES string of the molecule is COC(=O)Cn1c2c(sc1=O)[C@@H](c1ccccc1)CC(=O)N2c1ccc(F)cc1. The second-order valence-electron chi connectivity index (χ2n) is 6.59. The van der Waals surface area contributed by atoms with E-state index in [2.05, 4.69) is 0 Å². The minimum atomic E-state index is -0.596. The molecule has 0 fully saturated rings. The van der Waals surface area contributed by atoms with Crippen molar-refractivity contribution in [2.45, 2.75) is 18.9 Å². The van der Waals surface area contributed by atoms with E-state index < -0.39 is 11.8 Å². The van der Waals surface area contributed by atoms with Gasteiger partial charge in [-0.15, -0.1) is 0 Å². The maximum atomic E-state index is 13.4. The lowest BCUT2D eigenvalue weighted by atomic mass is 9.90. The van der Waals surface area contributed by atoms with Crippen LogP contribution in [-0.2, 0) is 20.9 Å². The number of ether oxygens (including phenoxy) is 1. The molecule has 0 saturated carbocycles. The molecule has 0 aliphatic carbocycles. The minimum absolute atomic E-state index is 0.159. The molecule has 8 heteroatoms. The summed E-state index contributed by atoms with van der Waals surface area (Å²) >= 11 is 1.01. The van der Waals surface area contributed by atoms with Gasteiger partial charge in [-0.05, 0) is 29.8 Å². The third-order valence-electron chi connectivity index (χ3n) is 4.85. The average Bonchev–Trinajstić information content (AvgIpc) is 3.05. The second kappa shape index (κ2) is 7.63. The van der Waals surface area contributed by atoms with E-state index in [4.69, 9.17) is 4.74 Å². The van der Waals surface area contributed by atoms with Gasteiger partial charge in [-0.2, -0.15) is 0 Å². The molecule has 2 aromatic carbocycles. The zero-order valence-corrected chi connectivity index (χ0v) is 16.3. The molecule has 0 radical (unpaired) electrons. The Morgan fingerprint density at radius 2 is 1.83 bits per heavy atom. The number of aromatic nitrogens is 1. The van der Waals surface area contributed by atoms with E-state index in [9.17, 15) is 18.8 Å². The summed E-state index contributed by atoms with van der Waals surface area (Å²) in [5.41, 5.74) is 1.34. The third kappa shape index (κ3) is 3.47. The van der Waals surface area contributed by atoms with Crippen molar-refractivity contribution in [3.05, 3.63) is 80.5 Å². The van der Waals surface area contributed by atoms with E-state index in [0.717, 1.165) is 16.9 Å². The van der Waals surface area contributed by atoms with Crippen molar-refractivity contribution < 1.29 is 18.7 Å². The normalized spacial score (nSPS) is 15.9. The van der Waals surface area contributed by atoms with Gasteiger partial charge in [-0.1, -0.05) is 41.7 Å². The molecule has 3 aromatic rings. The van der Waals surface area contributed by atoms with Crippen LogP contribution < -0.4 is 9.77 Å². The summed E-state index contributed by atoms with van der Waals surface area (Å²) in [6, 6.07) is 14.9. The second-order valence-corrected chi connectivity index (χ2v) is 7.58. The molecule has 2 heterocycles. The zero-order valence-electron chi connectivity index (χ0n) is 15.5. The maximum absolute atomic E-state index is 13.4. The molecule has 0 saturated heterocycles. The van der Waals surface area contributed by atoms with Crippen molar-refractivity contribution in [3.8, 4) is 0 Å². The van der Waals surface area contributed by atoms with Gasteiger partial charge in [-0.25, -0.2) is 4.39 Å². The molecule has 1 amide bonds. The van der Waals surface area contributed by atoms with Crippen molar-refractivity contribution in [3.63, 3.8) is 0 Å².